The van der Waals surface area contributed by atoms with Crippen LogP contribution < -0.4 is 11.4 Å². The van der Waals surface area contributed by atoms with Crippen molar-refractivity contribution in [2.45, 2.75) is 24.5 Å². The van der Waals surface area contributed by atoms with Crippen LogP contribution in [0.2, 0.25) is 0 Å². The van der Waals surface area contributed by atoms with E-state index in [-0.39, 0.29) is 5.82 Å². The van der Waals surface area contributed by atoms with Crippen molar-refractivity contribution in [2.24, 2.45) is 0 Å². The Kier molecular flexibility index (Phi) is 6.63. The summed E-state index contributed by atoms with van der Waals surface area (Å²) in [6, 6.07) is 0. The van der Waals surface area contributed by atoms with Crippen LogP contribution in [0.3, 0.4) is 0 Å². The number of nitrogens with zero attached hydrogens (tertiary/aromatic N) is 2. The van der Waals surface area contributed by atoms with E-state index in [9.17, 15) is 29.0 Å². The van der Waals surface area contributed by atoms with Gasteiger partial charge >= 0.3 is 21.3 Å². The van der Waals surface area contributed by atoms with Gasteiger partial charge < -0.3 is 35.4 Å². The van der Waals surface area contributed by atoms with Gasteiger partial charge in [-0.25, -0.2) is 13.9 Å². The highest BCUT2D eigenvalue weighted by Gasteiger charge is 2.45. The molecule has 1 aromatic heterocycles. The van der Waals surface area contributed by atoms with Crippen LogP contribution in [0.25, 0.3) is 0 Å². The molecule has 1 fully saturated rings. The molecule has 0 aromatic carbocycles. The molecular weight excluding hydrogens is 515 g/mol. The van der Waals surface area contributed by atoms with Crippen LogP contribution in [-0.2, 0) is 22.7 Å². The third-order valence-corrected chi connectivity index (χ3v) is 6.14. The topological polar surface area (TPSA) is 224 Å². The lowest BCUT2D eigenvalue weighted by atomic mass is 10.1. The van der Waals surface area contributed by atoms with Crippen molar-refractivity contribution in [1.82, 2.24) is 9.55 Å². The highest BCUT2D eigenvalue weighted by Crippen LogP contribution is 2.57. The summed E-state index contributed by atoms with van der Waals surface area (Å²) < 4.78 is 36.4. The number of hydrogen-bond acceptors (Lipinski definition) is 10. The van der Waals surface area contributed by atoms with E-state index in [4.69, 9.17) is 20.3 Å². The van der Waals surface area contributed by atoms with Crippen LogP contribution in [0.5, 0.6) is 0 Å². The number of ether oxygens (including phenoxy) is 1. The Hall–Kier alpha value is -0.450. The van der Waals surface area contributed by atoms with Crippen molar-refractivity contribution < 1.29 is 47.6 Å². The van der Waals surface area contributed by atoms with E-state index in [2.05, 4.69) is 13.8 Å². The summed E-state index contributed by atoms with van der Waals surface area (Å²) in [7, 11) is -10.5. The summed E-state index contributed by atoms with van der Waals surface area (Å²) >= 11 is 1.78. The molecule has 0 saturated carbocycles. The largest absolute Gasteiger partial charge is 0.481 e. The fourth-order valence-electron chi connectivity index (χ4n) is 2.06. The van der Waals surface area contributed by atoms with Gasteiger partial charge in [-0.2, -0.15) is 9.29 Å². The summed E-state index contributed by atoms with van der Waals surface area (Å²) in [4.78, 5) is 41.6. The van der Waals surface area contributed by atoms with E-state index in [1.807, 2.05) is 0 Å². The minimum atomic E-state index is -5.31. The Morgan fingerprint density at radius 3 is 2.50 bits per heavy atom. The molecule has 0 bridgehead atoms. The molecule has 26 heavy (non-hydrogen) atoms. The Morgan fingerprint density at radius 1 is 1.31 bits per heavy atom. The predicted molar refractivity (Wildman–Crippen MR) is 90.5 cm³/mol. The molecule has 1 saturated heterocycles. The maximum absolute atomic E-state index is 11.9. The molecule has 1 unspecified atom stereocenters. The fraction of sp³-hybridized carbons (Fsp3) is 0.556. The van der Waals surface area contributed by atoms with Crippen molar-refractivity contribution in [3.05, 3.63) is 20.3 Å². The lowest BCUT2D eigenvalue weighted by Gasteiger charge is -2.18. The first kappa shape index (κ1) is 21.8. The number of phosphoric acid groups is 2. The molecule has 7 N–H and O–H groups in total. The van der Waals surface area contributed by atoms with E-state index in [0.717, 1.165) is 4.57 Å². The summed E-state index contributed by atoms with van der Waals surface area (Å²) in [5.74, 6) is -0.0458. The average Bonchev–Trinajstić information content (AvgIpc) is 2.75. The molecule has 2 heterocycles. The second-order valence-electron chi connectivity index (χ2n) is 5.05. The standard InChI is InChI=1S/C9H14IN3O11P2/c10-3-1-13(9(16)12-7(3)11)8-6(15)5(14)4(23-8)2-22-26(20,21)24-25(17,18)19/h1,4-6,8,14-15H,2H2,(H,20,21)(H2,11,12,16)(H2,17,18,19)/t4-,5-,6-,8-/m1/s1. The van der Waals surface area contributed by atoms with Gasteiger partial charge in [0.05, 0.1) is 10.2 Å². The third-order valence-electron chi connectivity index (χ3n) is 3.16. The van der Waals surface area contributed by atoms with E-state index >= 15 is 0 Å². The molecule has 2 rings (SSSR count). The second kappa shape index (κ2) is 7.89. The van der Waals surface area contributed by atoms with E-state index in [1.54, 1.807) is 22.6 Å². The van der Waals surface area contributed by atoms with Gasteiger partial charge in [0.2, 0.25) is 0 Å². The zero-order valence-electron chi connectivity index (χ0n) is 12.5. The number of hydrogen-bond donors (Lipinski definition) is 6. The van der Waals surface area contributed by atoms with Gasteiger partial charge in [-0.05, 0) is 22.6 Å². The van der Waals surface area contributed by atoms with Crippen molar-refractivity contribution in [1.29, 1.82) is 0 Å². The van der Waals surface area contributed by atoms with Crippen LogP contribution >= 0.6 is 38.2 Å². The number of nitrogen functional groups attached to an aromatic ring is 1. The molecule has 0 radical (unpaired) electrons. The highest BCUT2D eigenvalue weighted by molar-refractivity contribution is 14.1. The molecule has 17 heteroatoms. The normalized spacial score (nSPS) is 28.8. The average molecular weight is 529 g/mol. The molecule has 1 aliphatic rings. The minimum Gasteiger partial charge on any atom is -0.387 e. The van der Waals surface area contributed by atoms with E-state index in [0.29, 0.717) is 3.57 Å². The van der Waals surface area contributed by atoms with Gasteiger partial charge in [0.25, 0.3) is 0 Å². The Labute approximate surface area is 158 Å². The van der Waals surface area contributed by atoms with Crippen molar-refractivity contribution in [3.63, 3.8) is 0 Å². The summed E-state index contributed by atoms with van der Waals surface area (Å²) in [5.41, 5.74) is 4.61. The Bertz CT molecular complexity index is 828. The number of aliphatic hydroxyl groups excluding tert-OH is 2. The molecule has 14 nitrogen and oxygen atoms in total. The number of nitrogens with two attached hydrogens (primary N) is 1. The SMILES string of the molecule is Nc1nc(=O)n([C@@H]2O[C@H](COP(=O)(O)OP(=O)(O)O)[C@@H](O)[C@H]2O)cc1I. The first-order valence-corrected chi connectivity index (χ1v) is 10.7. The molecule has 5 atom stereocenters. The van der Waals surface area contributed by atoms with Crippen LogP contribution in [-0.4, -0.2) is 59.4 Å². The van der Waals surface area contributed by atoms with Gasteiger partial charge in [0.1, 0.15) is 24.1 Å². The molecular formula is C9H14IN3O11P2. The molecule has 0 amide bonds. The molecule has 0 aliphatic carbocycles. The maximum Gasteiger partial charge on any atom is 0.481 e. The number of halogens is 1. The first-order valence-electron chi connectivity index (χ1n) is 6.61. The zero-order chi connectivity index (χ0) is 19.9. The van der Waals surface area contributed by atoms with Crippen LogP contribution in [0.1, 0.15) is 6.23 Å². The molecule has 0 spiro atoms. The van der Waals surface area contributed by atoms with Gasteiger partial charge in [-0.1, -0.05) is 0 Å². The lowest BCUT2D eigenvalue weighted by Crippen LogP contribution is -2.36. The number of aromatic nitrogens is 2. The van der Waals surface area contributed by atoms with Gasteiger partial charge in [-0.15, -0.1) is 0 Å². The van der Waals surface area contributed by atoms with Crippen LogP contribution in [0, 0.1) is 3.57 Å². The molecule has 1 aliphatic heterocycles. The van der Waals surface area contributed by atoms with Gasteiger partial charge in [0.15, 0.2) is 6.23 Å². The third kappa shape index (κ3) is 5.30. The summed E-state index contributed by atoms with van der Waals surface area (Å²) in [5, 5.41) is 20.0. The number of aliphatic hydroxyl groups is 2. The summed E-state index contributed by atoms with van der Waals surface area (Å²) in [6.45, 7) is -0.878. The van der Waals surface area contributed by atoms with Gasteiger partial charge in [-0.3, -0.25) is 9.09 Å². The second-order valence-corrected chi connectivity index (χ2v) is 9.04. The smallest absolute Gasteiger partial charge is 0.387 e. The van der Waals surface area contributed by atoms with Crippen LogP contribution in [0.15, 0.2) is 11.0 Å². The number of anilines is 1. The maximum atomic E-state index is 11.9. The lowest BCUT2D eigenvalue weighted by molar-refractivity contribution is -0.0542. The van der Waals surface area contributed by atoms with E-state index < -0.39 is 52.5 Å². The highest BCUT2D eigenvalue weighted by atomic mass is 127. The number of rotatable bonds is 6. The van der Waals surface area contributed by atoms with Gasteiger partial charge in [0, 0.05) is 6.20 Å². The Balaban J connectivity index is 2.13. The fourth-order valence-corrected chi connectivity index (χ4v) is 4.08. The van der Waals surface area contributed by atoms with Crippen molar-refractivity contribution in [2.75, 3.05) is 12.3 Å². The van der Waals surface area contributed by atoms with E-state index in [1.165, 1.54) is 6.20 Å². The zero-order valence-corrected chi connectivity index (χ0v) is 16.5. The predicted octanol–water partition coefficient (Wildman–Crippen LogP) is -1.72. The number of phosphoric ester groups is 1. The molecule has 1 aromatic rings. The monoisotopic (exact) mass is 529 g/mol. The molecule has 148 valence electrons. The summed E-state index contributed by atoms with van der Waals surface area (Å²) in [6.07, 6.45) is -4.89. The Morgan fingerprint density at radius 2 is 1.92 bits per heavy atom. The van der Waals surface area contributed by atoms with Crippen molar-refractivity contribution >= 4 is 44.1 Å². The van der Waals surface area contributed by atoms with Crippen molar-refractivity contribution in [3.8, 4) is 0 Å². The first-order chi connectivity index (χ1) is 11.8. The quantitative estimate of drug-likeness (QED) is 0.178. The minimum absolute atomic E-state index is 0.0458. The van der Waals surface area contributed by atoms with Crippen LogP contribution in [0.4, 0.5) is 5.82 Å².